The molecule has 0 aliphatic heterocycles. The van der Waals surface area contributed by atoms with E-state index in [1.54, 1.807) is 19.1 Å². The Bertz CT molecular complexity index is 975. The first kappa shape index (κ1) is 18.6. The third kappa shape index (κ3) is 3.07. The molecule has 0 N–H and O–H groups in total. The minimum atomic E-state index is -0.558. The van der Waals surface area contributed by atoms with Crippen LogP contribution in [0.4, 0.5) is 4.39 Å². The minimum absolute atomic E-state index is 0.0834. The van der Waals surface area contributed by atoms with Crippen LogP contribution in [0.25, 0.3) is 0 Å². The lowest BCUT2D eigenvalue weighted by Gasteiger charge is -2.21. The van der Waals surface area contributed by atoms with Crippen molar-refractivity contribution in [2.45, 2.75) is 13.3 Å². The van der Waals surface area contributed by atoms with E-state index in [1.165, 1.54) is 33.5 Å². The van der Waals surface area contributed by atoms with Gasteiger partial charge in [-0.15, -0.1) is 0 Å². The van der Waals surface area contributed by atoms with Crippen molar-refractivity contribution in [1.82, 2.24) is 0 Å². The summed E-state index contributed by atoms with van der Waals surface area (Å²) in [7, 11) is 4.49. The molecule has 0 saturated carbocycles. The third-order valence-corrected chi connectivity index (χ3v) is 4.69. The van der Waals surface area contributed by atoms with Crippen molar-refractivity contribution >= 4 is 11.6 Å². The SMILES string of the molecule is COc1ccc(CC2=C(C)C(=O)c3ccc(F)cc3C2=O)c(OC)c1OC. The standard InChI is InChI=1S/C21H19FO5/c1-11-15(19(24)16-10-13(22)6-7-14(16)18(11)23)9-12-5-8-17(25-2)21(27-4)20(12)26-3/h5-8,10H,9H2,1-4H3. The number of methoxy groups -OCH3 is 3. The number of hydrogen-bond acceptors (Lipinski definition) is 5. The number of fused-ring (bicyclic) bond motifs is 1. The van der Waals surface area contributed by atoms with Crippen molar-refractivity contribution in [3.05, 3.63) is 64.0 Å². The third-order valence-electron chi connectivity index (χ3n) is 4.69. The van der Waals surface area contributed by atoms with Crippen LogP contribution < -0.4 is 14.2 Å². The van der Waals surface area contributed by atoms with Crippen LogP contribution in [0.3, 0.4) is 0 Å². The van der Waals surface area contributed by atoms with Gasteiger partial charge in [0.2, 0.25) is 5.75 Å². The molecule has 6 heteroatoms. The molecule has 0 atom stereocenters. The summed E-state index contributed by atoms with van der Waals surface area (Å²) in [6, 6.07) is 7.09. The van der Waals surface area contributed by atoms with Gasteiger partial charge < -0.3 is 14.2 Å². The maximum Gasteiger partial charge on any atom is 0.203 e. The van der Waals surface area contributed by atoms with E-state index >= 15 is 0 Å². The van der Waals surface area contributed by atoms with Crippen molar-refractivity contribution in [2.24, 2.45) is 0 Å². The van der Waals surface area contributed by atoms with Crippen LogP contribution in [0.5, 0.6) is 17.2 Å². The molecule has 0 aromatic heterocycles. The van der Waals surface area contributed by atoms with E-state index in [1.807, 2.05) is 0 Å². The maximum absolute atomic E-state index is 13.6. The van der Waals surface area contributed by atoms with Crippen LogP contribution >= 0.6 is 0 Å². The van der Waals surface area contributed by atoms with Crippen molar-refractivity contribution in [2.75, 3.05) is 21.3 Å². The second kappa shape index (κ2) is 7.23. The van der Waals surface area contributed by atoms with E-state index < -0.39 is 5.82 Å². The Morgan fingerprint density at radius 2 is 1.56 bits per heavy atom. The Morgan fingerprint density at radius 1 is 0.852 bits per heavy atom. The number of rotatable bonds is 5. The molecule has 2 aromatic carbocycles. The number of hydrogen-bond donors (Lipinski definition) is 0. The summed E-state index contributed by atoms with van der Waals surface area (Å²) in [5, 5.41) is 0. The fourth-order valence-electron chi connectivity index (χ4n) is 3.28. The molecule has 0 bridgehead atoms. The van der Waals surface area contributed by atoms with Crippen LogP contribution in [0.15, 0.2) is 41.5 Å². The molecule has 0 unspecified atom stereocenters. The average Bonchev–Trinajstić information content (AvgIpc) is 2.68. The van der Waals surface area contributed by atoms with E-state index in [0.29, 0.717) is 34.0 Å². The first-order valence-electron chi connectivity index (χ1n) is 8.29. The van der Waals surface area contributed by atoms with Crippen LogP contribution in [0, 0.1) is 5.82 Å². The molecule has 0 fully saturated rings. The van der Waals surface area contributed by atoms with Crippen LogP contribution in [0.2, 0.25) is 0 Å². The highest BCUT2D eigenvalue weighted by atomic mass is 19.1. The molecule has 0 heterocycles. The Labute approximate surface area is 156 Å². The molecule has 1 aliphatic rings. The molecule has 0 saturated heterocycles. The molecule has 140 valence electrons. The molecular formula is C21H19FO5. The minimum Gasteiger partial charge on any atom is -0.493 e. The Hall–Kier alpha value is -3.15. The number of benzene rings is 2. The second-order valence-corrected chi connectivity index (χ2v) is 6.12. The first-order chi connectivity index (χ1) is 12.9. The summed E-state index contributed by atoms with van der Waals surface area (Å²) in [4.78, 5) is 25.6. The van der Waals surface area contributed by atoms with E-state index in [9.17, 15) is 14.0 Å². The fourth-order valence-corrected chi connectivity index (χ4v) is 3.28. The zero-order valence-corrected chi connectivity index (χ0v) is 15.5. The summed E-state index contributed by atoms with van der Waals surface area (Å²) >= 11 is 0. The fraction of sp³-hybridized carbons (Fsp3) is 0.238. The van der Waals surface area contributed by atoms with Crippen molar-refractivity contribution < 1.29 is 28.2 Å². The molecule has 0 amide bonds. The zero-order valence-electron chi connectivity index (χ0n) is 15.5. The summed E-state index contributed by atoms with van der Waals surface area (Å²) in [5.41, 5.74) is 1.62. The number of ketones is 2. The predicted octanol–water partition coefficient (Wildman–Crippen LogP) is 3.79. The Kier molecular flexibility index (Phi) is 4.99. The van der Waals surface area contributed by atoms with Crippen LogP contribution in [0.1, 0.15) is 33.2 Å². The molecule has 3 rings (SSSR count). The number of ether oxygens (including phenoxy) is 3. The molecule has 1 aliphatic carbocycles. The summed E-state index contributed by atoms with van der Waals surface area (Å²) in [6.45, 7) is 1.61. The molecule has 0 radical (unpaired) electrons. The van der Waals surface area contributed by atoms with Gasteiger partial charge in [0.05, 0.1) is 21.3 Å². The predicted molar refractivity (Wildman–Crippen MR) is 97.6 cm³/mol. The monoisotopic (exact) mass is 370 g/mol. The molecule has 5 nitrogen and oxygen atoms in total. The van der Waals surface area contributed by atoms with Gasteiger partial charge in [0.25, 0.3) is 0 Å². The lowest BCUT2D eigenvalue weighted by atomic mass is 9.82. The van der Waals surface area contributed by atoms with Gasteiger partial charge in [0, 0.05) is 34.3 Å². The van der Waals surface area contributed by atoms with Gasteiger partial charge in [-0.2, -0.15) is 0 Å². The van der Waals surface area contributed by atoms with Crippen LogP contribution in [-0.2, 0) is 6.42 Å². The van der Waals surface area contributed by atoms with E-state index in [2.05, 4.69) is 0 Å². The van der Waals surface area contributed by atoms with Crippen molar-refractivity contribution in [1.29, 1.82) is 0 Å². The highest BCUT2D eigenvalue weighted by molar-refractivity contribution is 6.26. The highest BCUT2D eigenvalue weighted by Crippen LogP contribution is 2.41. The van der Waals surface area contributed by atoms with Crippen molar-refractivity contribution in [3.8, 4) is 17.2 Å². The second-order valence-electron chi connectivity index (χ2n) is 6.12. The van der Waals surface area contributed by atoms with Gasteiger partial charge in [0.15, 0.2) is 23.1 Å². The summed E-state index contributed by atoms with van der Waals surface area (Å²) in [6.07, 6.45) is 0.149. The Morgan fingerprint density at radius 3 is 2.19 bits per heavy atom. The van der Waals surface area contributed by atoms with Gasteiger partial charge in [-0.3, -0.25) is 9.59 Å². The first-order valence-corrected chi connectivity index (χ1v) is 8.29. The molecule has 2 aromatic rings. The molecule has 0 spiro atoms. The maximum atomic E-state index is 13.6. The lowest BCUT2D eigenvalue weighted by molar-refractivity contribution is 0.0972. The van der Waals surface area contributed by atoms with E-state index in [0.717, 1.165) is 6.07 Å². The zero-order chi connectivity index (χ0) is 19.7. The normalized spacial score (nSPS) is 13.5. The van der Waals surface area contributed by atoms with E-state index in [-0.39, 0.29) is 29.1 Å². The van der Waals surface area contributed by atoms with Gasteiger partial charge >= 0.3 is 0 Å². The van der Waals surface area contributed by atoms with Gasteiger partial charge in [-0.1, -0.05) is 6.07 Å². The molecular weight excluding hydrogens is 351 g/mol. The summed E-state index contributed by atoms with van der Waals surface area (Å²) < 4.78 is 29.7. The highest BCUT2D eigenvalue weighted by Gasteiger charge is 2.31. The average molecular weight is 370 g/mol. The number of Topliss-reactive ketones (excluding diaryl/α,β-unsaturated/α-hetero) is 2. The van der Waals surface area contributed by atoms with Gasteiger partial charge in [-0.25, -0.2) is 4.39 Å². The van der Waals surface area contributed by atoms with Crippen molar-refractivity contribution in [3.63, 3.8) is 0 Å². The number of carbonyl (C=O) groups is 2. The largest absolute Gasteiger partial charge is 0.493 e. The number of halogens is 1. The summed E-state index contributed by atoms with van der Waals surface area (Å²) in [5.74, 6) is 0.108. The van der Waals surface area contributed by atoms with Gasteiger partial charge in [0.1, 0.15) is 5.82 Å². The van der Waals surface area contributed by atoms with Gasteiger partial charge in [-0.05, 0) is 31.2 Å². The van der Waals surface area contributed by atoms with Crippen LogP contribution in [-0.4, -0.2) is 32.9 Å². The lowest BCUT2D eigenvalue weighted by Crippen LogP contribution is -2.22. The Balaban J connectivity index is 2.09. The molecule has 27 heavy (non-hydrogen) atoms. The number of allylic oxidation sites excluding steroid dienone is 2. The smallest absolute Gasteiger partial charge is 0.203 e. The van der Waals surface area contributed by atoms with E-state index in [4.69, 9.17) is 14.2 Å². The quantitative estimate of drug-likeness (QED) is 0.801. The number of carbonyl (C=O) groups excluding carboxylic acids is 2. The topological polar surface area (TPSA) is 61.8 Å².